The van der Waals surface area contributed by atoms with Crippen LogP contribution in [0.25, 0.3) is 10.1 Å². The number of benzene rings is 1. The van der Waals surface area contributed by atoms with Crippen LogP contribution >= 0.6 is 23.7 Å². The smallest absolute Gasteiger partial charge is 0.261 e. The summed E-state index contributed by atoms with van der Waals surface area (Å²) in [4.78, 5) is 12.9. The van der Waals surface area contributed by atoms with Crippen molar-refractivity contribution in [2.45, 2.75) is 6.42 Å². The van der Waals surface area contributed by atoms with Gasteiger partial charge < -0.3 is 10.6 Å². The summed E-state index contributed by atoms with van der Waals surface area (Å²) in [5.74, 6) is 0.0284. The van der Waals surface area contributed by atoms with Crippen LogP contribution < -0.4 is 10.6 Å². The molecule has 2 N–H and O–H groups in total. The van der Waals surface area contributed by atoms with E-state index in [2.05, 4.69) is 16.7 Å². The molecule has 1 amide bonds. The van der Waals surface area contributed by atoms with Crippen LogP contribution in [0, 0.1) is 0 Å². The Morgan fingerprint density at radius 3 is 2.95 bits per heavy atom. The van der Waals surface area contributed by atoms with Crippen LogP contribution in [-0.2, 0) is 0 Å². The van der Waals surface area contributed by atoms with E-state index < -0.39 is 0 Å². The Balaban J connectivity index is 0.00000147. The number of amides is 1. The van der Waals surface area contributed by atoms with Crippen molar-refractivity contribution in [3.63, 3.8) is 0 Å². The average molecular weight is 309 g/mol. The molecule has 0 unspecified atom stereocenters. The molecular formula is C15H17ClN2OS. The highest BCUT2D eigenvalue weighted by atomic mass is 35.5. The molecule has 1 aliphatic heterocycles. The Labute approximate surface area is 128 Å². The van der Waals surface area contributed by atoms with E-state index in [1.54, 1.807) is 11.3 Å². The van der Waals surface area contributed by atoms with Gasteiger partial charge in [-0.2, -0.15) is 0 Å². The minimum absolute atomic E-state index is 0. The first-order valence-corrected chi connectivity index (χ1v) is 7.30. The predicted molar refractivity (Wildman–Crippen MR) is 87.0 cm³/mol. The van der Waals surface area contributed by atoms with Crippen molar-refractivity contribution in [2.75, 3.05) is 19.6 Å². The third-order valence-corrected chi connectivity index (χ3v) is 4.40. The zero-order valence-corrected chi connectivity index (χ0v) is 12.7. The maximum absolute atomic E-state index is 12.1. The second kappa shape index (κ2) is 6.88. The molecule has 20 heavy (non-hydrogen) atoms. The average Bonchev–Trinajstić information content (AvgIpc) is 2.90. The fourth-order valence-electron chi connectivity index (χ4n) is 2.20. The molecule has 2 aromatic rings. The van der Waals surface area contributed by atoms with Crippen LogP contribution in [0.1, 0.15) is 16.1 Å². The lowest BCUT2D eigenvalue weighted by atomic mass is 10.1. The minimum Gasteiger partial charge on any atom is -0.348 e. The van der Waals surface area contributed by atoms with E-state index in [4.69, 9.17) is 0 Å². The Morgan fingerprint density at radius 1 is 1.35 bits per heavy atom. The number of thiophene rings is 1. The number of rotatable bonds is 3. The Hall–Kier alpha value is -1.36. The van der Waals surface area contributed by atoms with Gasteiger partial charge in [0, 0.05) is 17.8 Å². The number of carbonyl (C=O) groups excluding carboxylic acids is 1. The molecule has 3 nitrogen and oxygen atoms in total. The summed E-state index contributed by atoms with van der Waals surface area (Å²) >= 11 is 1.55. The summed E-state index contributed by atoms with van der Waals surface area (Å²) in [7, 11) is 0. The van der Waals surface area contributed by atoms with Crippen LogP contribution in [-0.4, -0.2) is 25.5 Å². The van der Waals surface area contributed by atoms with E-state index in [0.29, 0.717) is 6.54 Å². The highest BCUT2D eigenvalue weighted by molar-refractivity contribution is 7.20. The number of fused-ring (bicyclic) bond motifs is 1. The molecule has 1 aromatic heterocycles. The van der Waals surface area contributed by atoms with Gasteiger partial charge in [0.2, 0.25) is 0 Å². The molecule has 0 fully saturated rings. The monoisotopic (exact) mass is 308 g/mol. The summed E-state index contributed by atoms with van der Waals surface area (Å²) in [6, 6.07) is 10.0. The number of hydrogen-bond acceptors (Lipinski definition) is 3. The SMILES string of the molecule is Cl.O=C(NCC1=CCNCC1)c1cc2ccccc2s1. The van der Waals surface area contributed by atoms with E-state index in [1.165, 1.54) is 5.57 Å². The molecule has 0 atom stereocenters. The summed E-state index contributed by atoms with van der Waals surface area (Å²) in [5, 5.41) is 7.41. The number of carbonyl (C=O) groups is 1. The normalized spacial score (nSPS) is 14.5. The zero-order valence-electron chi connectivity index (χ0n) is 11.0. The Bertz CT molecular complexity index is 603. The van der Waals surface area contributed by atoms with Crippen molar-refractivity contribution >= 4 is 39.7 Å². The van der Waals surface area contributed by atoms with Crippen LogP contribution in [0.3, 0.4) is 0 Å². The molecule has 0 aliphatic carbocycles. The minimum atomic E-state index is 0. The molecule has 3 rings (SSSR count). The van der Waals surface area contributed by atoms with Crippen LogP contribution in [0.15, 0.2) is 42.0 Å². The van der Waals surface area contributed by atoms with E-state index in [1.807, 2.05) is 30.3 Å². The van der Waals surface area contributed by atoms with Gasteiger partial charge in [-0.3, -0.25) is 4.79 Å². The fraction of sp³-hybridized carbons (Fsp3) is 0.267. The maximum Gasteiger partial charge on any atom is 0.261 e. The quantitative estimate of drug-likeness (QED) is 0.856. The molecule has 0 spiro atoms. The molecule has 0 bridgehead atoms. The largest absolute Gasteiger partial charge is 0.348 e. The van der Waals surface area contributed by atoms with Crippen molar-refractivity contribution in [1.82, 2.24) is 10.6 Å². The topological polar surface area (TPSA) is 41.1 Å². The summed E-state index contributed by atoms with van der Waals surface area (Å²) in [5.41, 5.74) is 1.31. The van der Waals surface area contributed by atoms with Gasteiger partial charge in [-0.1, -0.05) is 29.8 Å². The maximum atomic E-state index is 12.1. The molecule has 5 heteroatoms. The molecule has 0 saturated heterocycles. The van der Waals surface area contributed by atoms with Crippen LogP contribution in [0.5, 0.6) is 0 Å². The second-order valence-corrected chi connectivity index (χ2v) is 5.73. The lowest BCUT2D eigenvalue weighted by Crippen LogP contribution is -2.29. The molecule has 0 saturated carbocycles. The fourth-order valence-corrected chi connectivity index (χ4v) is 3.18. The first-order valence-electron chi connectivity index (χ1n) is 6.48. The standard InChI is InChI=1S/C15H16N2OS.ClH/c18-15(17-10-11-5-7-16-8-6-11)14-9-12-3-1-2-4-13(12)19-14;/h1-5,9,16H,6-8,10H2,(H,17,18);1H. The summed E-state index contributed by atoms with van der Waals surface area (Å²) in [6.45, 7) is 2.58. The van der Waals surface area contributed by atoms with Gasteiger partial charge in [0.25, 0.3) is 5.91 Å². The van der Waals surface area contributed by atoms with Crippen molar-refractivity contribution in [1.29, 1.82) is 0 Å². The third kappa shape index (κ3) is 3.39. The molecule has 1 aromatic carbocycles. The van der Waals surface area contributed by atoms with Gasteiger partial charge in [-0.25, -0.2) is 0 Å². The molecular weight excluding hydrogens is 292 g/mol. The van der Waals surface area contributed by atoms with Crippen molar-refractivity contribution in [3.05, 3.63) is 46.9 Å². The summed E-state index contributed by atoms with van der Waals surface area (Å²) < 4.78 is 1.16. The first-order chi connectivity index (χ1) is 9.33. The van der Waals surface area contributed by atoms with E-state index >= 15 is 0 Å². The van der Waals surface area contributed by atoms with E-state index in [9.17, 15) is 4.79 Å². The van der Waals surface area contributed by atoms with Gasteiger partial charge in [-0.15, -0.1) is 23.7 Å². The molecule has 106 valence electrons. The Kier molecular flexibility index (Phi) is 5.17. The van der Waals surface area contributed by atoms with E-state index in [-0.39, 0.29) is 18.3 Å². The summed E-state index contributed by atoms with van der Waals surface area (Å²) in [6.07, 6.45) is 3.18. The first kappa shape index (κ1) is 15.0. The number of halogens is 1. The van der Waals surface area contributed by atoms with Crippen molar-refractivity contribution in [3.8, 4) is 0 Å². The van der Waals surface area contributed by atoms with Crippen molar-refractivity contribution < 1.29 is 4.79 Å². The zero-order chi connectivity index (χ0) is 13.1. The van der Waals surface area contributed by atoms with Gasteiger partial charge >= 0.3 is 0 Å². The van der Waals surface area contributed by atoms with Gasteiger partial charge in [0.1, 0.15) is 0 Å². The van der Waals surface area contributed by atoms with Crippen LogP contribution in [0.4, 0.5) is 0 Å². The Morgan fingerprint density at radius 2 is 2.20 bits per heavy atom. The van der Waals surface area contributed by atoms with Gasteiger partial charge in [-0.05, 0) is 30.5 Å². The third-order valence-electron chi connectivity index (χ3n) is 3.28. The van der Waals surface area contributed by atoms with Crippen molar-refractivity contribution in [2.24, 2.45) is 0 Å². The molecule has 0 radical (unpaired) electrons. The number of hydrogen-bond donors (Lipinski definition) is 2. The highest BCUT2D eigenvalue weighted by Gasteiger charge is 2.10. The van der Waals surface area contributed by atoms with Gasteiger partial charge in [0.15, 0.2) is 0 Å². The predicted octanol–water partition coefficient (Wildman–Crippen LogP) is 2.97. The second-order valence-electron chi connectivity index (χ2n) is 4.65. The number of nitrogens with one attached hydrogen (secondary N) is 2. The van der Waals surface area contributed by atoms with E-state index in [0.717, 1.165) is 34.5 Å². The van der Waals surface area contributed by atoms with Crippen LogP contribution in [0.2, 0.25) is 0 Å². The lowest BCUT2D eigenvalue weighted by molar-refractivity contribution is 0.0960. The lowest BCUT2D eigenvalue weighted by Gasteiger charge is -2.14. The molecule has 1 aliphatic rings. The highest BCUT2D eigenvalue weighted by Crippen LogP contribution is 2.25. The van der Waals surface area contributed by atoms with Gasteiger partial charge in [0.05, 0.1) is 4.88 Å². The molecule has 2 heterocycles.